The van der Waals surface area contributed by atoms with Crippen LogP contribution in [0.25, 0.3) is 0 Å². The van der Waals surface area contributed by atoms with Crippen molar-refractivity contribution < 1.29 is 4.79 Å². The van der Waals surface area contributed by atoms with E-state index in [1.165, 1.54) is 0 Å². The Kier molecular flexibility index (Phi) is 4.89. The summed E-state index contributed by atoms with van der Waals surface area (Å²) in [5.41, 5.74) is 0. The van der Waals surface area contributed by atoms with Crippen LogP contribution >= 0.6 is 11.3 Å². The molecule has 0 fully saturated rings. The summed E-state index contributed by atoms with van der Waals surface area (Å²) >= 11 is 1.66. The quantitative estimate of drug-likeness (QED) is 0.824. The lowest BCUT2D eigenvalue weighted by Crippen LogP contribution is -2.38. The summed E-state index contributed by atoms with van der Waals surface area (Å²) in [6.07, 6.45) is 1.86. The van der Waals surface area contributed by atoms with E-state index in [1.807, 2.05) is 33.9 Å². The number of hydrogen-bond donors (Lipinski definition) is 2. The lowest BCUT2D eigenvalue weighted by atomic mass is 10.3. The molecule has 0 aliphatic rings. The Morgan fingerprint density at radius 3 is 2.69 bits per heavy atom. The van der Waals surface area contributed by atoms with Gasteiger partial charge in [-0.05, 0) is 27.7 Å². The zero-order valence-electron chi connectivity index (χ0n) is 10.2. The van der Waals surface area contributed by atoms with E-state index in [2.05, 4.69) is 15.6 Å². The van der Waals surface area contributed by atoms with Gasteiger partial charge in [-0.15, -0.1) is 11.3 Å². The molecule has 1 atom stereocenters. The minimum Gasteiger partial charge on any atom is -0.353 e. The smallest absolute Gasteiger partial charge is 0.234 e. The first-order valence-corrected chi connectivity index (χ1v) is 6.25. The predicted octanol–water partition coefficient (Wildman–Crippen LogP) is 1.63. The van der Waals surface area contributed by atoms with Crippen LogP contribution in [-0.4, -0.2) is 23.5 Å². The fourth-order valence-corrected chi connectivity index (χ4v) is 2.11. The summed E-state index contributed by atoms with van der Waals surface area (Å²) in [6, 6.07) is 0.361. The Hall–Kier alpha value is -0.940. The molecule has 1 aromatic rings. The van der Waals surface area contributed by atoms with Crippen molar-refractivity contribution in [1.29, 1.82) is 0 Å². The van der Waals surface area contributed by atoms with Gasteiger partial charge in [-0.1, -0.05) is 0 Å². The molecular weight excluding hydrogens is 222 g/mol. The summed E-state index contributed by atoms with van der Waals surface area (Å²) in [5, 5.41) is 7.07. The molecular formula is C11H19N3OS. The lowest BCUT2D eigenvalue weighted by Gasteiger charge is -2.13. The highest BCUT2D eigenvalue weighted by Gasteiger charge is 2.10. The van der Waals surface area contributed by atoms with Crippen molar-refractivity contribution in [3.63, 3.8) is 0 Å². The molecule has 0 bridgehead atoms. The fraction of sp³-hybridized carbons (Fsp3) is 0.636. The first kappa shape index (κ1) is 13.1. The molecule has 4 nitrogen and oxygen atoms in total. The Morgan fingerprint density at radius 2 is 2.19 bits per heavy atom. The van der Waals surface area contributed by atoms with Crippen molar-refractivity contribution in [2.75, 3.05) is 6.54 Å². The summed E-state index contributed by atoms with van der Waals surface area (Å²) < 4.78 is 0. The zero-order valence-corrected chi connectivity index (χ0v) is 11.0. The number of rotatable bonds is 5. The maximum Gasteiger partial charge on any atom is 0.234 e. The van der Waals surface area contributed by atoms with Gasteiger partial charge in [-0.25, -0.2) is 4.98 Å². The number of aryl methyl sites for hydroxylation is 1. The third-order valence-corrected chi connectivity index (χ3v) is 3.18. The molecule has 1 heterocycles. The molecule has 16 heavy (non-hydrogen) atoms. The summed E-state index contributed by atoms with van der Waals surface area (Å²) in [4.78, 5) is 16.8. The zero-order chi connectivity index (χ0) is 12.1. The van der Waals surface area contributed by atoms with Crippen molar-refractivity contribution >= 4 is 17.2 Å². The molecule has 0 radical (unpaired) electrons. The first-order valence-electron chi connectivity index (χ1n) is 5.44. The van der Waals surface area contributed by atoms with Crippen molar-refractivity contribution in [3.8, 4) is 0 Å². The van der Waals surface area contributed by atoms with Gasteiger partial charge in [-0.3, -0.25) is 4.79 Å². The van der Waals surface area contributed by atoms with E-state index in [0.29, 0.717) is 6.54 Å². The van der Waals surface area contributed by atoms with Crippen LogP contribution in [0, 0.1) is 6.92 Å². The number of nitrogens with zero attached hydrogens (tertiary/aromatic N) is 1. The fourth-order valence-electron chi connectivity index (χ4n) is 1.30. The number of carbonyl (C=O) groups excluding carboxylic acids is 1. The Labute approximate surface area is 100 Å². The van der Waals surface area contributed by atoms with Gasteiger partial charge in [0.05, 0.1) is 11.6 Å². The van der Waals surface area contributed by atoms with Crippen LogP contribution in [0.4, 0.5) is 0 Å². The predicted molar refractivity (Wildman–Crippen MR) is 66.5 cm³/mol. The van der Waals surface area contributed by atoms with Gasteiger partial charge >= 0.3 is 0 Å². The van der Waals surface area contributed by atoms with Crippen LogP contribution in [0.5, 0.6) is 0 Å². The highest BCUT2D eigenvalue weighted by Crippen LogP contribution is 2.19. The molecule has 1 rings (SSSR count). The Balaban J connectivity index is 2.35. The Morgan fingerprint density at radius 1 is 1.50 bits per heavy atom. The number of nitrogens with one attached hydrogen (secondary N) is 2. The molecule has 0 saturated heterocycles. The Bertz CT molecular complexity index is 349. The second kappa shape index (κ2) is 5.96. The van der Waals surface area contributed by atoms with Gasteiger partial charge in [0.2, 0.25) is 5.91 Å². The largest absolute Gasteiger partial charge is 0.353 e. The number of carbonyl (C=O) groups is 1. The molecule has 2 N–H and O–H groups in total. The number of amides is 1. The molecule has 0 saturated carbocycles. The van der Waals surface area contributed by atoms with Gasteiger partial charge in [-0.2, -0.15) is 0 Å². The normalized spacial score (nSPS) is 12.8. The highest BCUT2D eigenvalue weighted by molar-refractivity contribution is 7.11. The van der Waals surface area contributed by atoms with Crippen LogP contribution in [0.2, 0.25) is 0 Å². The van der Waals surface area contributed by atoms with E-state index in [9.17, 15) is 4.79 Å². The van der Waals surface area contributed by atoms with Crippen LogP contribution in [-0.2, 0) is 4.79 Å². The van der Waals surface area contributed by atoms with Crippen LogP contribution in [0.3, 0.4) is 0 Å². The average molecular weight is 241 g/mol. The van der Waals surface area contributed by atoms with Crippen LogP contribution in [0.1, 0.15) is 36.7 Å². The van der Waals surface area contributed by atoms with Crippen molar-refractivity contribution in [1.82, 2.24) is 15.6 Å². The SMILES string of the molecule is Cc1ncc(C(C)NCC(=O)NC(C)C)s1. The minimum atomic E-state index is 0.0306. The average Bonchev–Trinajstić information content (AvgIpc) is 2.60. The lowest BCUT2D eigenvalue weighted by molar-refractivity contribution is -0.120. The van der Waals surface area contributed by atoms with E-state index in [-0.39, 0.29) is 18.0 Å². The number of hydrogen-bond acceptors (Lipinski definition) is 4. The third kappa shape index (κ3) is 4.28. The molecule has 5 heteroatoms. The summed E-state index contributed by atoms with van der Waals surface area (Å²) in [6.45, 7) is 8.26. The second-order valence-corrected chi connectivity index (χ2v) is 5.37. The molecule has 90 valence electrons. The first-order chi connectivity index (χ1) is 7.49. The van der Waals surface area contributed by atoms with E-state index < -0.39 is 0 Å². The number of aromatic nitrogens is 1. The van der Waals surface area contributed by atoms with Gasteiger partial charge in [0.25, 0.3) is 0 Å². The van der Waals surface area contributed by atoms with E-state index in [1.54, 1.807) is 11.3 Å². The molecule has 0 aliphatic carbocycles. The third-order valence-electron chi connectivity index (χ3n) is 2.08. The van der Waals surface area contributed by atoms with E-state index in [4.69, 9.17) is 0 Å². The molecule has 0 aromatic carbocycles. The molecule has 1 aromatic heterocycles. The maximum absolute atomic E-state index is 11.4. The standard InChI is InChI=1S/C11H19N3OS/c1-7(2)14-11(15)6-12-8(3)10-5-13-9(4)16-10/h5,7-8,12H,6H2,1-4H3,(H,14,15). The molecule has 0 spiro atoms. The van der Waals surface area contributed by atoms with Crippen molar-refractivity contribution in [3.05, 3.63) is 16.1 Å². The van der Waals surface area contributed by atoms with E-state index >= 15 is 0 Å². The monoisotopic (exact) mass is 241 g/mol. The highest BCUT2D eigenvalue weighted by atomic mass is 32.1. The van der Waals surface area contributed by atoms with Gasteiger partial charge in [0.15, 0.2) is 0 Å². The summed E-state index contributed by atoms with van der Waals surface area (Å²) in [7, 11) is 0. The molecule has 1 unspecified atom stereocenters. The molecule has 1 amide bonds. The van der Waals surface area contributed by atoms with Crippen molar-refractivity contribution in [2.24, 2.45) is 0 Å². The van der Waals surface area contributed by atoms with Gasteiger partial charge < -0.3 is 10.6 Å². The topological polar surface area (TPSA) is 54.0 Å². The van der Waals surface area contributed by atoms with Crippen LogP contribution in [0.15, 0.2) is 6.20 Å². The summed E-state index contributed by atoms with van der Waals surface area (Å²) in [5.74, 6) is 0.0306. The molecule has 0 aliphatic heterocycles. The van der Waals surface area contributed by atoms with Crippen molar-refractivity contribution in [2.45, 2.75) is 39.8 Å². The number of thiazole rings is 1. The second-order valence-electron chi connectivity index (χ2n) is 4.11. The van der Waals surface area contributed by atoms with E-state index in [0.717, 1.165) is 9.88 Å². The van der Waals surface area contributed by atoms with Gasteiger partial charge in [0, 0.05) is 23.2 Å². The van der Waals surface area contributed by atoms with Gasteiger partial charge in [0.1, 0.15) is 0 Å². The maximum atomic E-state index is 11.4. The van der Waals surface area contributed by atoms with Crippen LogP contribution < -0.4 is 10.6 Å². The minimum absolute atomic E-state index is 0.0306.